The number of hydrogen-bond donors (Lipinski definition) is 4. The van der Waals surface area contributed by atoms with Gasteiger partial charge in [0, 0.05) is 11.3 Å². The topological polar surface area (TPSA) is 156 Å². The molecule has 13 heteroatoms. The molecule has 10 nitrogen and oxygen atoms in total. The molecule has 2 aromatic carbocycles. The minimum atomic E-state index is -1.22. The summed E-state index contributed by atoms with van der Waals surface area (Å²) in [5.74, 6) is -4.65. The van der Waals surface area contributed by atoms with Crippen molar-refractivity contribution in [1.29, 1.82) is 0 Å². The summed E-state index contributed by atoms with van der Waals surface area (Å²) in [5, 5.41) is 4.83. The monoisotopic (exact) mass is 489 g/mol. The lowest BCUT2D eigenvalue weighted by Crippen LogP contribution is -2.23. The van der Waals surface area contributed by atoms with Gasteiger partial charge in [-0.2, -0.15) is 0 Å². The fourth-order valence-electron chi connectivity index (χ4n) is 2.62. The Labute approximate surface area is 194 Å². The second-order valence-corrected chi connectivity index (χ2v) is 7.58. The summed E-state index contributed by atoms with van der Waals surface area (Å²) in [6.45, 7) is 0. The number of esters is 1. The van der Waals surface area contributed by atoms with E-state index < -0.39 is 35.0 Å². The number of aromatic nitrogens is 2. The SMILES string of the molecule is COC(=O)c1ccc(NC(=O)CSc2nc(N)c(NC(=O)c3ccc(F)c(F)c3)c(=O)[nH]2)cc1. The smallest absolute Gasteiger partial charge is 0.337 e. The van der Waals surface area contributed by atoms with Crippen molar-refractivity contribution in [2.45, 2.75) is 5.16 Å². The van der Waals surface area contributed by atoms with E-state index in [0.717, 1.165) is 23.9 Å². The van der Waals surface area contributed by atoms with Crippen molar-refractivity contribution >= 4 is 46.7 Å². The van der Waals surface area contributed by atoms with Gasteiger partial charge in [0.15, 0.2) is 22.6 Å². The van der Waals surface area contributed by atoms with Gasteiger partial charge in [-0.3, -0.25) is 19.4 Å². The zero-order valence-corrected chi connectivity index (χ0v) is 18.3. The number of hydrogen-bond acceptors (Lipinski definition) is 8. The Hall–Kier alpha value is -4.26. The molecule has 0 spiro atoms. The van der Waals surface area contributed by atoms with Crippen molar-refractivity contribution in [3.8, 4) is 0 Å². The maximum atomic E-state index is 13.3. The van der Waals surface area contributed by atoms with Crippen molar-refractivity contribution in [1.82, 2.24) is 9.97 Å². The number of carbonyl (C=O) groups excluding carboxylic acids is 3. The van der Waals surface area contributed by atoms with Crippen molar-refractivity contribution in [3.05, 3.63) is 75.6 Å². The molecule has 0 aliphatic carbocycles. The summed E-state index contributed by atoms with van der Waals surface area (Å²) in [4.78, 5) is 54.4. The Morgan fingerprint density at radius 3 is 2.35 bits per heavy atom. The summed E-state index contributed by atoms with van der Waals surface area (Å²) < 4.78 is 31.0. The van der Waals surface area contributed by atoms with Crippen LogP contribution in [0.1, 0.15) is 20.7 Å². The Morgan fingerprint density at radius 2 is 1.74 bits per heavy atom. The standard InChI is InChI=1S/C21H17F2N5O5S/c1-33-20(32)10-2-5-12(6-3-10)25-15(29)9-34-21-27-17(24)16(19(31)28-21)26-18(30)11-4-7-13(22)14(23)8-11/h2-8H,9H2,1H3,(H,25,29)(H,26,30)(H3,24,27,28,31). The van der Waals surface area contributed by atoms with Crippen LogP contribution in [0.5, 0.6) is 0 Å². The molecular formula is C21H17F2N5O5S. The molecule has 0 aliphatic rings. The number of anilines is 3. The second kappa shape index (κ2) is 10.6. The molecule has 0 fully saturated rings. The molecule has 34 heavy (non-hydrogen) atoms. The number of nitrogen functional groups attached to an aromatic ring is 1. The number of carbonyl (C=O) groups is 3. The first kappa shape index (κ1) is 24.4. The van der Waals surface area contributed by atoms with Gasteiger partial charge in [0.05, 0.1) is 18.4 Å². The molecule has 0 bridgehead atoms. The average molecular weight is 489 g/mol. The van der Waals surface area contributed by atoms with Crippen LogP contribution in [0.15, 0.2) is 52.4 Å². The van der Waals surface area contributed by atoms with Gasteiger partial charge in [-0.05, 0) is 42.5 Å². The van der Waals surface area contributed by atoms with Crippen LogP contribution in [0, 0.1) is 11.6 Å². The number of nitrogens with one attached hydrogen (secondary N) is 3. The molecule has 0 aliphatic heterocycles. The summed E-state index contributed by atoms with van der Waals surface area (Å²) in [5.41, 5.74) is 5.10. The zero-order valence-electron chi connectivity index (χ0n) is 17.5. The lowest BCUT2D eigenvalue weighted by atomic mass is 10.2. The van der Waals surface area contributed by atoms with Crippen LogP contribution >= 0.6 is 11.8 Å². The molecule has 0 unspecified atom stereocenters. The van der Waals surface area contributed by atoms with Gasteiger partial charge in [0.2, 0.25) is 5.91 Å². The van der Waals surface area contributed by atoms with Gasteiger partial charge in [-0.25, -0.2) is 18.6 Å². The molecule has 1 heterocycles. The minimum absolute atomic E-state index is 0.0181. The molecule has 3 rings (SSSR count). The number of nitrogens with zero attached hydrogens (tertiary/aromatic N) is 1. The van der Waals surface area contributed by atoms with Crippen LogP contribution in [-0.2, 0) is 9.53 Å². The first-order chi connectivity index (χ1) is 16.2. The zero-order chi connectivity index (χ0) is 24.8. The molecule has 5 N–H and O–H groups in total. The molecule has 2 amide bonds. The van der Waals surface area contributed by atoms with Gasteiger partial charge >= 0.3 is 5.97 Å². The highest BCUT2D eigenvalue weighted by molar-refractivity contribution is 7.99. The minimum Gasteiger partial charge on any atom is -0.465 e. The Balaban J connectivity index is 1.61. The summed E-state index contributed by atoms with van der Waals surface area (Å²) >= 11 is 0.879. The van der Waals surface area contributed by atoms with Gasteiger partial charge in [-0.15, -0.1) is 0 Å². The lowest BCUT2D eigenvalue weighted by Gasteiger charge is -2.09. The Kier molecular flexibility index (Phi) is 7.58. The van der Waals surface area contributed by atoms with Crippen molar-refractivity contribution < 1.29 is 27.9 Å². The Bertz CT molecular complexity index is 1310. The number of thioether (sulfide) groups is 1. The number of nitrogens with two attached hydrogens (primary N) is 1. The highest BCUT2D eigenvalue weighted by atomic mass is 32.2. The van der Waals surface area contributed by atoms with E-state index >= 15 is 0 Å². The molecule has 0 saturated carbocycles. The molecule has 176 valence electrons. The number of H-pyrrole nitrogens is 1. The van der Waals surface area contributed by atoms with Crippen molar-refractivity contribution in [3.63, 3.8) is 0 Å². The quantitative estimate of drug-likeness (QED) is 0.224. The number of rotatable bonds is 7. The summed E-state index contributed by atoms with van der Waals surface area (Å²) in [6.07, 6.45) is 0. The van der Waals surface area contributed by atoms with Crippen LogP contribution in [-0.4, -0.2) is 40.6 Å². The van der Waals surface area contributed by atoms with Crippen LogP contribution in [0.25, 0.3) is 0 Å². The van der Waals surface area contributed by atoms with Crippen LogP contribution < -0.4 is 21.9 Å². The number of halogens is 2. The molecule has 3 aromatic rings. The summed E-state index contributed by atoms with van der Waals surface area (Å²) in [7, 11) is 1.26. The number of aromatic amines is 1. The third kappa shape index (κ3) is 5.95. The highest BCUT2D eigenvalue weighted by Crippen LogP contribution is 2.19. The first-order valence-corrected chi connectivity index (χ1v) is 10.4. The van der Waals surface area contributed by atoms with E-state index in [2.05, 4.69) is 25.3 Å². The van der Waals surface area contributed by atoms with E-state index in [0.29, 0.717) is 17.3 Å². The normalized spacial score (nSPS) is 10.4. The molecular weight excluding hydrogens is 472 g/mol. The van der Waals surface area contributed by atoms with Gasteiger partial charge in [-0.1, -0.05) is 11.8 Å². The molecule has 0 saturated heterocycles. The maximum absolute atomic E-state index is 13.3. The third-order valence-corrected chi connectivity index (χ3v) is 5.15. The molecule has 0 atom stereocenters. The van der Waals surface area contributed by atoms with Crippen LogP contribution in [0.3, 0.4) is 0 Å². The lowest BCUT2D eigenvalue weighted by molar-refractivity contribution is -0.113. The summed E-state index contributed by atoms with van der Waals surface area (Å²) in [6, 6.07) is 8.51. The largest absolute Gasteiger partial charge is 0.465 e. The van der Waals surface area contributed by atoms with Crippen molar-refractivity contribution in [2.24, 2.45) is 0 Å². The predicted molar refractivity (Wildman–Crippen MR) is 121 cm³/mol. The molecule has 1 aromatic heterocycles. The van der Waals surface area contributed by atoms with Crippen LogP contribution in [0.4, 0.5) is 26.0 Å². The Morgan fingerprint density at radius 1 is 1.06 bits per heavy atom. The third-order valence-electron chi connectivity index (χ3n) is 4.28. The number of amides is 2. The second-order valence-electron chi connectivity index (χ2n) is 6.62. The predicted octanol–water partition coefficient (Wildman–Crippen LogP) is 2.40. The van der Waals surface area contributed by atoms with E-state index in [9.17, 15) is 28.0 Å². The van der Waals surface area contributed by atoms with E-state index in [1.807, 2.05) is 0 Å². The number of methoxy groups -OCH3 is 1. The molecule has 0 radical (unpaired) electrons. The van der Waals surface area contributed by atoms with Crippen molar-refractivity contribution in [2.75, 3.05) is 29.2 Å². The maximum Gasteiger partial charge on any atom is 0.337 e. The number of benzene rings is 2. The van der Waals surface area contributed by atoms with E-state index in [-0.39, 0.29) is 28.0 Å². The fraction of sp³-hybridized carbons (Fsp3) is 0.0952. The highest BCUT2D eigenvalue weighted by Gasteiger charge is 2.16. The fourth-order valence-corrected chi connectivity index (χ4v) is 3.29. The number of ether oxygens (including phenoxy) is 1. The van der Waals surface area contributed by atoms with Gasteiger partial charge in [0.25, 0.3) is 11.5 Å². The van der Waals surface area contributed by atoms with Gasteiger partial charge < -0.3 is 21.1 Å². The van der Waals surface area contributed by atoms with Crippen LogP contribution in [0.2, 0.25) is 0 Å². The van der Waals surface area contributed by atoms with E-state index in [4.69, 9.17) is 5.73 Å². The van der Waals surface area contributed by atoms with E-state index in [1.165, 1.54) is 31.4 Å². The van der Waals surface area contributed by atoms with E-state index in [1.54, 1.807) is 0 Å². The average Bonchev–Trinajstić information content (AvgIpc) is 2.81. The van der Waals surface area contributed by atoms with Gasteiger partial charge in [0.1, 0.15) is 5.69 Å². The first-order valence-electron chi connectivity index (χ1n) is 9.45.